The van der Waals surface area contributed by atoms with Gasteiger partial charge in [0, 0.05) is 24.0 Å². The van der Waals surface area contributed by atoms with Crippen molar-refractivity contribution in [2.24, 2.45) is 0 Å². The summed E-state index contributed by atoms with van der Waals surface area (Å²) in [6.45, 7) is 2.51. The number of carbonyl (C=O) groups excluding carboxylic acids is 1. The molecule has 0 unspecified atom stereocenters. The number of piperidine rings is 1. The lowest BCUT2D eigenvalue weighted by atomic mass is 10.0. The first kappa shape index (κ1) is 17.5. The van der Waals surface area contributed by atoms with Crippen LogP contribution in [0.3, 0.4) is 0 Å². The van der Waals surface area contributed by atoms with E-state index < -0.39 is 0 Å². The summed E-state index contributed by atoms with van der Waals surface area (Å²) in [7, 11) is 2.13. The summed E-state index contributed by atoms with van der Waals surface area (Å²) in [4.78, 5) is 17.6. The number of hydrogen-bond acceptors (Lipinski definition) is 4. The zero-order valence-corrected chi connectivity index (χ0v) is 15.5. The Hall–Kier alpha value is -2.86. The molecule has 0 radical (unpaired) electrons. The summed E-state index contributed by atoms with van der Waals surface area (Å²) in [5.41, 5.74) is 1.63. The highest BCUT2D eigenvalue weighted by Gasteiger charge is 2.28. The van der Waals surface area contributed by atoms with Gasteiger partial charge in [-0.15, -0.1) is 0 Å². The summed E-state index contributed by atoms with van der Waals surface area (Å²) in [6.07, 6.45) is 7.25. The van der Waals surface area contributed by atoms with Gasteiger partial charge >= 0.3 is 0 Å². The molecule has 1 aliphatic rings. The van der Waals surface area contributed by atoms with Gasteiger partial charge < -0.3 is 14.2 Å². The van der Waals surface area contributed by atoms with Crippen LogP contribution < -0.4 is 0 Å². The zero-order chi connectivity index (χ0) is 18.6. The molecule has 2 aromatic heterocycles. The van der Waals surface area contributed by atoms with Gasteiger partial charge in [-0.1, -0.05) is 0 Å². The van der Waals surface area contributed by atoms with Gasteiger partial charge in [0.2, 0.25) is 0 Å². The Labute approximate surface area is 159 Å². The van der Waals surface area contributed by atoms with Crippen molar-refractivity contribution in [2.75, 3.05) is 20.1 Å². The minimum Gasteiger partial charge on any atom is -0.467 e. The average Bonchev–Trinajstić information content (AvgIpc) is 3.41. The van der Waals surface area contributed by atoms with E-state index in [1.165, 1.54) is 0 Å². The Bertz CT molecular complexity index is 848. The Morgan fingerprint density at radius 1 is 1.19 bits per heavy atom. The normalized spacial score (nSPS) is 15.7. The third-order valence-electron chi connectivity index (χ3n) is 5.18. The quantitative estimate of drug-likeness (QED) is 0.698. The summed E-state index contributed by atoms with van der Waals surface area (Å²) in [5, 5.41) is 4.23. The molecule has 0 bridgehead atoms. The van der Waals surface area contributed by atoms with Crippen LogP contribution in [0, 0.1) is 0 Å². The molecule has 3 aromatic rings. The van der Waals surface area contributed by atoms with Gasteiger partial charge in [-0.2, -0.15) is 5.10 Å². The van der Waals surface area contributed by atoms with Crippen molar-refractivity contribution in [2.45, 2.75) is 25.4 Å². The Morgan fingerprint density at radius 2 is 1.96 bits per heavy atom. The molecule has 1 amide bonds. The van der Waals surface area contributed by atoms with Crippen LogP contribution in [0.1, 0.15) is 29.0 Å². The molecule has 1 aliphatic heterocycles. The van der Waals surface area contributed by atoms with Gasteiger partial charge in [-0.25, -0.2) is 4.68 Å². The van der Waals surface area contributed by atoms with E-state index in [1.54, 1.807) is 17.1 Å². The van der Waals surface area contributed by atoms with E-state index in [0.29, 0.717) is 12.1 Å². The lowest BCUT2D eigenvalue weighted by Crippen LogP contribution is -2.46. The molecular formula is C21H24N4O2. The van der Waals surface area contributed by atoms with Gasteiger partial charge in [0.25, 0.3) is 5.91 Å². The minimum absolute atomic E-state index is 0.0490. The first-order valence-corrected chi connectivity index (χ1v) is 9.33. The number of rotatable bonds is 5. The molecule has 0 atom stereocenters. The maximum absolute atomic E-state index is 13.3. The second-order valence-corrected chi connectivity index (χ2v) is 7.04. The molecule has 6 heteroatoms. The number of hydrogen-bond donors (Lipinski definition) is 0. The maximum atomic E-state index is 13.3. The van der Waals surface area contributed by atoms with Gasteiger partial charge in [0.15, 0.2) is 0 Å². The highest BCUT2D eigenvalue weighted by molar-refractivity contribution is 5.94. The highest BCUT2D eigenvalue weighted by Crippen LogP contribution is 2.22. The van der Waals surface area contributed by atoms with Gasteiger partial charge in [-0.05, 0) is 75.4 Å². The topological polar surface area (TPSA) is 54.5 Å². The SMILES string of the molecule is CN1CCC(N(Cc2ccco2)C(=O)c2ccc(-n3cccn3)cc2)CC1. The van der Waals surface area contributed by atoms with Crippen LogP contribution in [0.2, 0.25) is 0 Å². The zero-order valence-electron chi connectivity index (χ0n) is 15.5. The number of nitrogens with zero attached hydrogens (tertiary/aromatic N) is 4. The minimum atomic E-state index is 0.0490. The molecule has 140 valence electrons. The van der Waals surface area contributed by atoms with Crippen LogP contribution in [-0.4, -0.2) is 51.7 Å². The standard InChI is InChI=1S/C21H24N4O2/c1-23-13-9-18(10-14-23)24(16-20-4-2-15-27-20)21(26)17-5-7-19(8-6-17)25-12-3-11-22-25/h2-8,11-12,15,18H,9-10,13-14,16H2,1H3. The highest BCUT2D eigenvalue weighted by atomic mass is 16.3. The van der Waals surface area contributed by atoms with Gasteiger partial charge in [-0.3, -0.25) is 4.79 Å². The fraction of sp³-hybridized carbons (Fsp3) is 0.333. The van der Waals surface area contributed by atoms with Crippen molar-refractivity contribution in [1.29, 1.82) is 0 Å². The van der Waals surface area contributed by atoms with Crippen molar-refractivity contribution in [1.82, 2.24) is 19.6 Å². The molecular weight excluding hydrogens is 340 g/mol. The predicted octanol–water partition coefficient (Wildman–Crippen LogP) is 3.20. The molecule has 1 saturated heterocycles. The number of aromatic nitrogens is 2. The number of likely N-dealkylation sites (tertiary alicyclic amines) is 1. The van der Waals surface area contributed by atoms with Crippen LogP contribution in [0.4, 0.5) is 0 Å². The van der Waals surface area contributed by atoms with Crippen LogP contribution >= 0.6 is 0 Å². The van der Waals surface area contributed by atoms with Gasteiger partial charge in [0.05, 0.1) is 18.5 Å². The summed E-state index contributed by atoms with van der Waals surface area (Å²) >= 11 is 0. The van der Waals surface area contributed by atoms with E-state index >= 15 is 0 Å². The first-order chi connectivity index (χ1) is 13.2. The van der Waals surface area contributed by atoms with Crippen molar-refractivity contribution in [3.8, 4) is 5.69 Å². The molecule has 4 rings (SSSR count). The molecule has 27 heavy (non-hydrogen) atoms. The molecule has 0 spiro atoms. The summed E-state index contributed by atoms with van der Waals surface area (Å²) in [6, 6.07) is 13.5. The second kappa shape index (κ2) is 7.80. The molecule has 6 nitrogen and oxygen atoms in total. The van der Waals surface area contributed by atoms with E-state index in [2.05, 4.69) is 17.0 Å². The largest absolute Gasteiger partial charge is 0.467 e. The molecule has 1 aromatic carbocycles. The van der Waals surface area contributed by atoms with Crippen LogP contribution in [0.25, 0.3) is 5.69 Å². The van der Waals surface area contributed by atoms with Gasteiger partial charge in [0.1, 0.15) is 5.76 Å². The third-order valence-corrected chi connectivity index (χ3v) is 5.18. The monoisotopic (exact) mass is 364 g/mol. The van der Waals surface area contributed by atoms with E-state index in [9.17, 15) is 4.79 Å². The van der Waals surface area contributed by atoms with E-state index in [4.69, 9.17) is 4.42 Å². The van der Waals surface area contributed by atoms with Crippen molar-refractivity contribution < 1.29 is 9.21 Å². The van der Waals surface area contributed by atoms with Crippen LogP contribution in [0.5, 0.6) is 0 Å². The average molecular weight is 364 g/mol. The molecule has 0 N–H and O–H groups in total. The lowest BCUT2D eigenvalue weighted by molar-refractivity contribution is 0.0550. The van der Waals surface area contributed by atoms with Crippen LogP contribution in [-0.2, 0) is 6.54 Å². The molecule has 1 fully saturated rings. The Kier molecular flexibility index (Phi) is 5.07. The first-order valence-electron chi connectivity index (χ1n) is 9.33. The number of benzene rings is 1. The van der Waals surface area contributed by atoms with Crippen molar-refractivity contribution in [3.05, 3.63) is 72.4 Å². The molecule has 0 saturated carbocycles. The summed E-state index contributed by atoms with van der Waals surface area (Å²) < 4.78 is 7.30. The predicted molar refractivity (Wildman–Crippen MR) is 103 cm³/mol. The Balaban J connectivity index is 1.55. The van der Waals surface area contributed by atoms with E-state index in [0.717, 1.165) is 37.4 Å². The number of carbonyl (C=O) groups is 1. The number of furan rings is 1. The molecule has 0 aliphatic carbocycles. The molecule has 3 heterocycles. The second-order valence-electron chi connectivity index (χ2n) is 7.04. The van der Waals surface area contributed by atoms with E-state index in [1.807, 2.05) is 53.6 Å². The fourth-order valence-electron chi connectivity index (χ4n) is 3.59. The lowest BCUT2D eigenvalue weighted by Gasteiger charge is -2.37. The Morgan fingerprint density at radius 3 is 2.59 bits per heavy atom. The third kappa shape index (κ3) is 3.95. The smallest absolute Gasteiger partial charge is 0.254 e. The maximum Gasteiger partial charge on any atom is 0.254 e. The van der Waals surface area contributed by atoms with Crippen LogP contribution in [0.15, 0.2) is 65.5 Å². The number of amides is 1. The van der Waals surface area contributed by atoms with E-state index in [-0.39, 0.29) is 11.9 Å². The van der Waals surface area contributed by atoms with Crippen molar-refractivity contribution >= 4 is 5.91 Å². The van der Waals surface area contributed by atoms with Crippen molar-refractivity contribution in [3.63, 3.8) is 0 Å². The summed E-state index contributed by atoms with van der Waals surface area (Å²) in [5.74, 6) is 0.864. The fourth-order valence-corrected chi connectivity index (χ4v) is 3.59.